The monoisotopic (exact) mass is 338 g/mol. The van der Waals surface area contributed by atoms with Gasteiger partial charge in [0.25, 0.3) is 0 Å². The van der Waals surface area contributed by atoms with Crippen LogP contribution < -0.4 is 4.72 Å². The zero-order valence-corrected chi connectivity index (χ0v) is 13.5. The Morgan fingerprint density at radius 1 is 1.10 bits per heavy atom. The molecule has 0 saturated carbocycles. The summed E-state index contributed by atoms with van der Waals surface area (Å²) in [4.78, 5) is 1.05. The normalized spacial score (nSPS) is 12.8. The van der Waals surface area contributed by atoms with Gasteiger partial charge in [-0.15, -0.1) is 3.89 Å². The Hall–Kier alpha value is -1.03. The molecule has 0 aliphatic rings. The summed E-state index contributed by atoms with van der Waals surface area (Å²) in [6.07, 6.45) is 1.48. The van der Waals surface area contributed by atoms with Crippen molar-refractivity contribution in [2.75, 3.05) is 27.2 Å². The molecule has 0 aromatic heterocycles. The molecule has 0 heterocycles. The Bertz CT molecular complexity index is 672. The maximum atomic E-state index is 12.9. The van der Waals surface area contributed by atoms with Gasteiger partial charge in [-0.3, -0.25) is 0 Å². The van der Waals surface area contributed by atoms with Gasteiger partial charge in [0.2, 0.25) is 10.0 Å². The van der Waals surface area contributed by atoms with E-state index in [2.05, 4.69) is 4.72 Å². The number of rotatable bonds is 8. The van der Waals surface area contributed by atoms with Crippen LogP contribution in [0.4, 0.5) is 3.89 Å². The van der Waals surface area contributed by atoms with Gasteiger partial charge in [-0.1, -0.05) is 6.07 Å². The molecule has 0 bridgehead atoms. The third-order valence-electron chi connectivity index (χ3n) is 2.72. The molecule has 0 radical (unpaired) electrons. The molecular weight excluding hydrogens is 319 g/mol. The molecule has 120 valence electrons. The van der Waals surface area contributed by atoms with E-state index in [-0.39, 0.29) is 11.4 Å². The van der Waals surface area contributed by atoms with Crippen molar-refractivity contribution in [1.29, 1.82) is 0 Å². The Labute approximate surface area is 125 Å². The number of unbranched alkanes of at least 4 members (excludes halogenated alkanes) is 1. The predicted octanol–water partition coefficient (Wildman–Crippen LogP) is 0.965. The molecule has 0 amide bonds. The summed E-state index contributed by atoms with van der Waals surface area (Å²) in [5.74, 6) is 0. The summed E-state index contributed by atoms with van der Waals surface area (Å²) in [5, 5.41) is 0. The Kier molecular flexibility index (Phi) is 6.26. The fourth-order valence-electron chi connectivity index (χ4n) is 1.64. The highest BCUT2D eigenvalue weighted by Gasteiger charge is 2.18. The van der Waals surface area contributed by atoms with Crippen LogP contribution in [0.15, 0.2) is 34.1 Å². The predicted molar refractivity (Wildman–Crippen MR) is 77.7 cm³/mol. The molecule has 1 aromatic carbocycles. The van der Waals surface area contributed by atoms with E-state index in [4.69, 9.17) is 0 Å². The summed E-state index contributed by atoms with van der Waals surface area (Å²) in [7, 11) is -4.91. The van der Waals surface area contributed by atoms with E-state index in [1.165, 1.54) is 12.1 Å². The second-order valence-corrected chi connectivity index (χ2v) is 7.93. The largest absolute Gasteiger partial charge is 0.332 e. The lowest BCUT2D eigenvalue weighted by Crippen LogP contribution is -2.25. The first kappa shape index (κ1) is 18.0. The van der Waals surface area contributed by atoms with E-state index in [0.29, 0.717) is 6.42 Å². The van der Waals surface area contributed by atoms with Crippen molar-refractivity contribution in [1.82, 2.24) is 9.62 Å². The SMILES string of the molecule is CN(C)CCCCNS(=O)(=O)c1cccc(S(=O)(=O)F)c1. The Morgan fingerprint density at radius 2 is 1.71 bits per heavy atom. The summed E-state index contributed by atoms with van der Waals surface area (Å²) in [5.41, 5.74) is 0. The van der Waals surface area contributed by atoms with Gasteiger partial charge in [-0.05, 0) is 51.7 Å². The van der Waals surface area contributed by atoms with Crippen molar-refractivity contribution in [3.8, 4) is 0 Å². The van der Waals surface area contributed by atoms with Crippen molar-refractivity contribution < 1.29 is 20.7 Å². The molecular formula is C12H19FN2O4S2. The highest BCUT2D eigenvalue weighted by Crippen LogP contribution is 2.17. The lowest BCUT2D eigenvalue weighted by molar-refractivity contribution is 0.394. The minimum Gasteiger partial charge on any atom is -0.309 e. The molecule has 6 nitrogen and oxygen atoms in total. The van der Waals surface area contributed by atoms with Crippen LogP contribution in [0, 0.1) is 0 Å². The molecule has 1 aromatic rings. The van der Waals surface area contributed by atoms with Crippen LogP contribution in [-0.2, 0) is 20.2 Å². The van der Waals surface area contributed by atoms with Crippen LogP contribution in [0.3, 0.4) is 0 Å². The molecule has 0 aliphatic carbocycles. The van der Waals surface area contributed by atoms with Crippen molar-refractivity contribution in [2.24, 2.45) is 0 Å². The Morgan fingerprint density at radius 3 is 2.29 bits per heavy atom. The van der Waals surface area contributed by atoms with Crippen LogP contribution in [0.1, 0.15) is 12.8 Å². The smallest absolute Gasteiger partial charge is 0.309 e. The zero-order valence-electron chi connectivity index (χ0n) is 11.9. The maximum absolute atomic E-state index is 12.9. The van der Waals surface area contributed by atoms with E-state index in [1.54, 1.807) is 0 Å². The van der Waals surface area contributed by atoms with E-state index in [9.17, 15) is 20.7 Å². The zero-order chi connectivity index (χ0) is 16.1. The second kappa shape index (κ2) is 7.30. The molecule has 0 aliphatic heterocycles. The third kappa shape index (κ3) is 6.08. The molecule has 1 rings (SSSR count). The average molecular weight is 338 g/mol. The van der Waals surface area contributed by atoms with Gasteiger partial charge in [0, 0.05) is 6.54 Å². The summed E-state index contributed by atoms with van der Waals surface area (Å²) in [6, 6.07) is 4.22. The number of nitrogens with zero attached hydrogens (tertiary/aromatic N) is 1. The van der Waals surface area contributed by atoms with Crippen LogP contribution in [0.25, 0.3) is 0 Å². The lowest BCUT2D eigenvalue weighted by atomic mass is 10.3. The standard InChI is InChI=1S/C12H19FN2O4S2/c1-15(2)9-4-3-8-14-21(18,19)12-7-5-6-11(10-12)20(13,16)17/h5-7,10,14H,3-4,8-9H2,1-2H3. The fraction of sp³-hybridized carbons (Fsp3) is 0.500. The Balaban J connectivity index is 2.71. The van der Waals surface area contributed by atoms with Crippen LogP contribution in [0.5, 0.6) is 0 Å². The van der Waals surface area contributed by atoms with E-state index >= 15 is 0 Å². The summed E-state index contributed by atoms with van der Waals surface area (Å²) >= 11 is 0. The third-order valence-corrected chi connectivity index (χ3v) is 5.00. The summed E-state index contributed by atoms with van der Waals surface area (Å²) in [6.45, 7) is 1.08. The number of hydrogen-bond acceptors (Lipinski definition) is 5. The van der Waals surface area contributed by atoms with E-state index in [0.717, 1.165) is 25.1 Å². The highest BCUT2D eigenvalue weighted by molar-refractivity contribution is 7.89. The quantitative estimate of drug-likeness (QED) is 0.564. The van der Waals surface area contributed by atoms with Crippen LogP contribution >= 0.6 is 0 Å². The minimum atomic E-state index is -4.92. The molecule has 21 heavy (non-hydrogen) atoms. The first-order valence-electron chi connectivity index (χ1n) is 6.32. The first-order chi connectivity index (χ1) is 9.63. The van der Waals surface area contributed by atoms with Gasteiger partial charge >= 0.3 is 10.2 Å². The van der Waals surface area contributed by atoms with E-state index < -0.39 is 25.1 Å². The molecule has 0 unspecified atom stereocenters. The van der Waals surface area contributed by atoms with Gasteiger partial charge in [0.05, 0.1) is 9.79 Å². The van der Waals surface area contributed by atoms with Gasteiger partial charge < -0.3 is 4.90 Å². The molecule has 0 spiro atoms. The van der Waals surface area contributed by atoms with Gasteiger partial charge in [-0.25, -0.2) is 13.1 Å². The first-order valence-corrected chi connectivity index (χ1v) is 9.19. The lowest BCUT2D eigenvalue weighted by Gasteiger charge is -2.10. The maximum Gasteiger partial charge on any atom is 0.332 e. The van der Waals surface area contributed by atoms with Crippen molar-refractivity contribution in [3.05, 3.63) is 24.3 Å². The summed E-state index contributed by atoms with van der Waals surface area (Å²) < 4.78 is 60.8. The van der Waals surface area contributed by atoms with Crippen molar-refractivity contribution in [3.63, 3.8) is 0 Å². The molecule has 9 heteroatoms. The highest BCUT2D eigenvalue weighted by atomic mass is 32.3. The number of halogens is 1. The van der Waals surface area contributed by atoms with Crippen LogP contribution in [-0.4, -0.2) is 48.9 Å². The fourth-order valence-corrected chi connectivity index (χ4v) is 3.34. The van der Waals surface area contributed by atoms with Gasteiger partial charge in [-0.2, -0.15) is 8.42 Å². The number of hydrogen-bond donors (Lipinski definition) is 1. The van der Waals surface area contributed by atoms with Gasteiger partial charge in [0.1, 0.15) is 0 Å². The van der Waals surface area contributed by atoms with E-state index in [1.807, 2.05) is 19.0 Å². The van der Waals surface area contributed by atoms with Crippen molar-refractivity contribution in [2.45, 2.75) is 22.6 Å². The minimum absolute atomic E-state index is 0.239. The second-order valence-electron chi connectivity index (χ2n) is 4.82. The molecule has 1 N–H and O–H groups in total. The molecule has 0 fully saturated rings. The number of sulfonamides is 1. The molecule has 0 atom stereocenters. The van der Waals surface area contributed by atoms with Gasteiger partial charge in [0.15, 0.2) is 0 Å². The van der Waals surface area contributed by atoms with Crippen molar-refractivity contribution >= 4 is 20.2 Å². The number of benzene rings is 1. The number of nitrogens with one attached hydrogen (secondary N) is 1. The average Bonchev–Trinajstić information content (AvgIpc) is 2.37. The molecule has 0 saturated heterocycles. The van der Waals surface area contributed by atoms with Crippen LogP contribution in [0.2, 0.25) is 0 Å². The topological polar surface area (TPSA) is 83.6 Å².